The van der Waals surface area contributed by atoms with Crippen molar-refractivity contribution in [1.29, 1.82) is 0 Å². The fourth-order valence-corrected chi connectivity index (χ4v) is 3.87. The molecule has 0 aliphatic carbocycles. The zero-order chi connectivity index (χ0) is 21.8. The Morgan fingerprint density at radius 2 is 1.90 bits per heavy atom. The first-order valence-corrected chi connectivity index (χ1v) is 10.4. The van der Waals surface area contributed by atoms with Crippen molar-refractivity contribution in [2.75, 3.05) is 18.0 Å². The highest BCUT2D eigenvalue weighted by atomic mass is 19.1. The minimum absolute atomic E-state index is 0.0276. The number of rotatable bonds is 5. The van der Waals surface area contributed by atoms with E-state index in [-0.39, 0.29) is 23.2 Å². The average Bonchev–Trinajstić information content (AvgIpc) is 2.79. The summed E-state index contributed by atoms with van der Waals surface area (Å²) in [7, 11) is 0. The van der Waals surface area contributed by atoms with Gasteiger partial charge >= 0.3 is 0 Å². The van der Waals surface area contributed by atoms with Crippen molar-refractivity contribution in [3.05, 3.63) is 88.0 Å². The highest BCUT2D eigenvalue weighted by Crippen LogP contribution is 2.22. The van der Waals surface area contributed by atoms with E-state index in [9.17, 15) is 14.0 Å². The molecule has 0 saturated carbocycles. The lowest BCUT2D eigenvalue weighted by Crippen LogP contribution is -2.43. The van der Waals surface area contributed by atoms with Crippen LogP contribution in [0, 0.1) is 18.7 Å². The Hall–Kier alpha value is -3.48. The molecule has 0 unspecified atom stereocenters. The Kier molecular flexibility index (Phi) is 6.11. The molecule has 0 radical (unpaired) electrons. The normalized spacial score (nSPS) is 16.2. The molecule has 1 N–H and O–H groups in total. The van der Waals surface area contributed by atoms with Crippen molar-refractivity contribution in [1.82, 2.24) is 15.1 Å². The van der Waals surface area contributed by atoms with Crippen molar-refractivity contribution in [2.24, 2.45) is 5.92 Å². The summed E-state index contributed by atoms with van der Waals surface area (Å²) in [5, 5.41) is 7.53. The number of hydrogen-bond acceptors (Lipinski definition) is 4. The lowest BCUT2D eigenvalue weighted by molar-refractivity contribution is -0.125. The second kappa shape index (κ2) is 9.12. The third-order valence-corrected chi connectivity index (χ3v) is 5.69. The largest absolute Gasteiger partial charge is 0.354 e. The first-order valence-electron chi connectivity index (χ1n) is 10.4. The number of aromatic nitrogens is 2. The van der Waals surface area contributed by atoms with Crippen LogP contribution in [-0.4, -0.2) is 28.8 Å². The Labute approximate surface area is 180 Å². The van der Waals surface area contributed by atoms with Crippen LogP contribution in [0.15, 0.2) is 65.5 Å². The van der Waals surface area contributed by atoms with Gasteiger partial charge in [0.15, 0.2) is 0 Å². The van der Waals surface area contributed by atoms with Crippen LogP contribution in [-0.2, 0) is 11.3 Å². The van der Waals surface area contributed by atoms with Gasteiger partial charge in [-0.1, -0.05) is 24.3 Å². The van der Waals surface area contributed by atoms with Crippen LogP contribution in [0.5, 0.6) is 0 Å². The molecule has 0 bridgehead atoms. The highest BCUT2D eigenvalue weighted by Gasteiger charge is 2.27. The van der Waals surface area contributed by atoms with Crippen LogP contribution in [0.3, 0.4) is 0 Å². The predicted molar refractivity (Wildman–Crippen MR) is 118 cm³/mol. The third kappa shape index (κ3) is 4.82. The molecule has 4 rings (SSSR count). The number of amides is 1. The fourth-order valence-electron chi connectivity index (χ4n) is 3.87. The molecule has 6 nitrogen and oxygen atoms in total. The molecule has 1 fully saturated rings. The van der Waals surface area contributed by atoms with Crippen LogP contribution >= 0.6 is 0 Å². The summed E-state index contributed by atoms with van der Waals surface area (Å²) in [4.78, 5) is 27.1. The van der Waals surface area contributed by atoms with Gasteiger partial charge in [0.25, 0.3) is 5.56 Å². The Bertz CT molecular complexity index is 1130. The molecule has 1 aromatic heterocycles. The summed E-state index contributed by atoms with van der Waals surface area (Å²) in [5.41, 5.74) is 2.47. The highest BCUT2D eigenvalue weighted by molar-refractivity contribution is 5.79. The molecule has 1 saturated heterocycles. The molecule has 31 heavy (non-hydrogen) atoms. The van der Waals surface area contributed by atoms with Gasteiger partial charge in [-0.25, -0.2) is 4.39 Å². The van der Waals surface area contributed by atoms with Crippen LogP contribution in [0.1, 0.15) is 24.0 Å². The van der Waals surface area contributed by atoms with Crippen LogP contribution < -0.4 is 15.8 Å². The number of carbonyl (C=O) groups is 1. The van der Waals surface area contributed by atoms with Gasteiger partial charge in [-0.2, -0.15) is 4.68 Å². The number of hydrogen-bond donors (Lipinski definition) is 1. The van der Waals surface area contributed by atoms with Gasteiger partial charge in [0, 0.05) is 25.7 Å². The van der Waals surface area contributed by atoms with E-state index in [0.717, 1.165) is 30.5 Å². The van der Waals surface area contributed by atoms with E-state index in [1.165, 1.54) is 35.0 Å². The molecular weight excluding hydrogens is 395 g/mol. The van der Waals surface area contributed by atoms with Gasteiger partial charge in [-0.3, -0.25) is 9.59 Å². The molecule has 2 heterocycles. The molecule has 3 aromatic rings. The summed E-state index contributed by atoms with van der Waals surface area (Å²) in [5.74, 6) is 0.134. The number of nitrogens with zero attached hydrogens (tertiary/aromatic N) is 3. The van der Waals surface area contributed by atoms with Gasteiger partial charge in [0.1, 0.15) is 11.6 Å². The molecule has 1 aliphatic heterocycles. The van der Waals surface area contributed by atoms with Gasteiger partial charge in [0.05, 0.1) is 11.6 Å². The predicted octanol–water partition coefficient (Wildman–Crippen LogP) is 3.21. The second-order valence-electron chi connectivity index (χ2n) is 7.85. The smallest absolute Gasteiger partial charge is 0.271 e. The van der Waals surface area contributed by atoms with Gasteiger partial charge < -0.3 is 10.2 Å². The zero-order valence-electron chi connectivity index (χ0n) is 17.4. The van der Waals surface area contributed by atoms with Crippen molar-refractivity contribution in [2.45, 2.75) is 26.3 Å². The molecule has 1 atom stereocenters. The van der Waals surface area contributed by atoms with Crippen LogP contribution in [0.25, 0.3) is 5.69 Å². The Morgan fingerprint density at radius 3 is 2.68 bits per heavy atom. The van der Waals surface area contributed by atoms with Crippen LogP contribution in [0.2, 0.25) is 0 Å². The number of nitrogens with one attached hydrogen (secondary N) is 1. The average molecular weight is 420 g/mol. The topological polar surface area (TPSA) is 67.2 Å². The van der Waals surface area contributed by atoms with Crippen molar-refractivity contribution in [3.8, 4) is 5.69 Å². The minimum Gasteiger partial charge on any atom is -0.354 e. The van der Waals surface area contributed by atoms with Gasteiger partial charge in [-0.15, -0.1) is 5.10 Å². The quantitative estimate of drug-likeness (QED) is 0.688. The van der Waals surface area contributed by atoms with Crippen molar-refractivity contribution in [3.63, 3.8) is 0 Å². The lowest BCUT2D eigenvalue weighted by Gasteiger charge is -2.33. The molecule has 0 spiro atoms. The Morgan fingerprint density at radius 1 is 1.13 bits per heavy atom. The monoisotopic (exact) mass is 420 g/mol. The van der Waals surface area contributed by atoms with E-state index in [4.69, 9.17) is 0 Å². The summed E-state index contributed by atoms with van der Waals surface area (Å²) >= 11 is 0. The Balaban J connectivity index is 1.46. The summed E-state index contributed by atoms with van der Waals surface area (Å²) in [6, 6.07) is 16.8. The fraction of sp³-hybridized carbons (Fsp3) is 0.292. The first-order chi connectivity index (χ1) is 15.0. The van der Waals surface area contributed by atoms with Crippen molar-refractivity contribution >= 4 is 11.7 Å². The number of piperidine rings is 1. The minimum atomic E-state index is -0.372. The van der Waals surface area contributed by atoms with E-state index in [1.807, 2.05) is 36.1 Å². The SMILES string of the molecule is Cc1ccccc1CNC(=O)[C@@H]1CCCN(c2ccc(=O)n(-c3ccc(F)cc3)n2)C1. The number of aryl methyl sites for hydroxylation is 1. The molecule has 1 aliphatic rings. The molecular formula is C24H25FN4O2. The maximum atomic E-state index is 13.2. The van der Waals surface area contributed by atoms with Crippen LogP contribution in [0.4, 0.5) is 10.2 Å². The number of benzene rings is 2. The molecule has 7 heteroatoms. The second-order valence-corrected chi connectivity index (χ2v) is 7.85. The third-order valence-electron chi connectivity index (χ3n) is 5.69. The van der Waals surface area contributed by atoms with Crippen molar-refractivity contribution < 1.29 is 9.18 Å². The maximum Gasteiger partial charge on any atom is 0.271 e. The molecule has 1 amide bonds. The number of halogens is 1. The molecule has 2 aromatic carbocycles. The maximum absolute atomic E-state index is 13.2. The number of anilines is 1. The van der Waals surface area contributed by atoms with E-state index in [1.54, 1.807) is 6.07 Å². The standard InChI is InChI=1S/C24H25FN4O2/c1-17-5-2-3-6-18(17)15-26-24(31)19-7-4-14-28(16-19)22-12-13-23(30)29(27-22)21-10-8-20(25)9-11-21/h2-3,5-6,8-13,19H,4,7,14-16H2,1H3,(H,26,31)/t19-/m1/s1. The first kappa shape index (κ1) is 20.8. The summed E-state index contributed by atoms with van der Waals surface area (Å²) < 4.78 is 14.5. The number of carbonyl (C=O) groups excluding carboxylic acids is 1. The summed E-state index contributed by atoms with van der Waals surface area (Å²) in [6.07, 6.45) is 1.67. The van der Waals surface area contributed by atoms with E-state index < -0.39 is 0 Å². The zero-order valence-corrected chi connectivity index (χ0v) is 17.4. The van der Waals surface area contributed by atoms with E-state index >= 15 is 0 Å². The van der Waals surface area contributed by atoms with Gasteiger partial charge in [0.2, 0.25) is 5.91 Å². The van der Waals surface area contributed by atoms with E-state index in [0.29, 0.717) is 24.6 Å². The molecule has 160 valence electrons. The lowest BCUT2D eigenvalue weighted by atomic mass is 9.97. The van der Waals surface area contributed by atoms with E-state index in [2.05, 4.69) is 10.4 Å². The van der Waals surface area contributed by atoms with Gasteiger partial charge in [-0.05, 0) is 61.2 Å². The summed E-state index contributed by atoms with van der Waals surface area (Å²) in [6.45, 7) is 3.84.